The number of nitrogens with one attached hydrogen (secondary N) is 2. The molecular weight excluding hydrogens is 318 g/mol. The summed E-state index contributed by atoms with van der Waals surface area (Å²) in [4.78, 5) is 8.99. The van der Waals surface area contributed by atoms with Crippen LogP contribution in [0.4, 0.5) is 5.69 Å². The zero-order valence-electron chi connectivity index (χ0n) is 14.6. The maximum Gasteiger partial charge on any atom is 0.230 e. The number of aryl methyl sites for hydroxylation is 1. The third-order valence-corrected chi connectivity index (χ3v) is 4.18. The van der Waals surface area contributed by atoms with Gasteiger partial charge in [-0.3, -0.25) is 4.98 Å². The minimum atomic E-state index is -0.0105. The van der Waals surface area contributed by atoms with E-state index in [0.29, 0.717) is 17.4 Å². The third-order valence-electron chi connectivity index (χ3n) is 4.18. The first-order valence-corrected chi connectivity index (χ1v) is 8.45. The Balaban J connectivity index is 1.50. The number of aromatic amines is 1. The van der Waals surface area contributed by atoms with Crippen molar-refractivity contribution in [2.45, 2.75) is 51.5 Å². The van der Waals surface area contributed by atoms with Gasteiger partial charge in [-0.25, -0.2) is 0 Å². The van der Waals surface area contributed by atoms with Crippen LogP contribution in [0.3, 0.4) is 0 Å². The van der Waals surface area contributed by atoms with Crippen LogP contribution < -0.4 is 5.32 Å². The Morgan fingerprint density at radius 1 is 1.20 bits per heavy atom. The van der Waals surface area contributed by atoms with E-state index in [1.54, 1.807) is 6.20 Å². The average Bonchev–Trinajstić information content (AvgIpc) is 3.22. The molecule has 8 nitrogen and oxygen atoms in total. The number of nitrogens with zero attached hydrogens (tertiary/aromatic N) is 5. The fourth-order valence-corrected chi connectivity index (χ4v) is 3.03. The highest BCUT2D eigenvalue weighted by molar-refractivity contribution is 5.53. The lowest BCUT2D eigenvalue weighted by Gasteiger charge is -2.21. The Morgan fingerprint density at radius 3 is 2.80 bits per heavy atom. The molecule has 25 heavy (non-hydrogen) atoms. The Morgan fingerprint density at radius 2 is 2.04 bits per heavy atom. The molecule has 1 aliphatic carbocycles. The number of aromatic nitrogens is 6. The van der Waals surface area contributed by atoms with E-state index in [-0.39, 0.29) is 11.5 Å². The number of pyridine rings is 1. The molecule has 3 aromatic rings. The molecule has 1 atom stereocenters. The topological polar surface area (TPSA) is 105 Å². The number of hydrogen-bond acceptors (Lipinski definition) is 7. The van der Waals surface area contributed by atoms with Crippen molar-refractivity contribution in [3.05, 3.63) is 35.6 Å². The van der Waals surface area contributed by atoms with Crippen molar-refractivity contribution in [3.63, 3.8) is 0 Å². The van der Waals surface area contributed by atoms with Crippen LogP contribution in [-0.4, -0.2) is 36.1 Å². The van der Waals surface area contributed by atoms with E-state index in [9.17, 15) is 0 Å². The summed E-state index contributed by atoms with van der Waals surface area (Å²) in [6.45, 7) is 6.32. The highest BCUT2D eigenvalue weighted by atomic mass is 16.5. The standard InChI is InChI=1S/C17H21N7O/c1-17(2,3)20-11-5-7-13(18-9-11)15-19-16(25-23-15)10-4-6-12-14(8-10)22-24-21-12/h5,7,9-10,20H,4,6,8H2,1-3H3,(H,21,22,24). The van der Waals surface area contributed by atoms with Crippen molar-refractivity contribution in [2.75, 3.05) is 5.32 Å². The van der Waals surface area contributed by atoms with Gasteiger partial charge in [-0.15, -0.1) is 0 Å². The van der Waals surface area contributed by atoms with Gasteiger partial charge in [0.05, 0.1) is 23.3 Å². The summed E-state index contributed by atoms with van der Waals surface area (Å²) < 4.78 is 5.49. The third kappa shape index (κ3) is 3.38. The summed E-state index contributed by atoms with van der Waals surface area (Å²) in [6, 6.07) is 3.88. The Labute approximate surface area is 145 Å². The van der Waals surface area contributed by atoms with E-state index in [1.807, 2.05) is 12.1 Å². The fraction of sp³-hybridized carbons (Fsp3) is 0.471. The maximum atomic E-state index is 5.49. The van der Waals surface area contributed by atoms with E-state index in [1.165, 1.54) is 0 Å². The van der Waals surface area contributed by atoms with Crippen LogP contribution in [0.5, 0.6) is 0 Å². The van der Waals surface area contributed by atoms with Crippen LogP contribution >= 0.6 is 0 Å². The minimum absolute atomic E-state index is 0.0105. The Bertz CT molecular complexity index is 860. The monoisotopic (exact) mass is 339 g/mol. The van der Waals surface area contributed by atoms with Crippen LogP contribution in [0.2, 0.25) is 0 Å². The van der Waals surface area contributed by atoms with E-state index >= 15 is 0 Å². The average molecular weight is 339 g/mol. The summed E-state index contributed by atoms with van der Waals surface area (Å²) in [5.41, 5.74) is 3.69. The molecular formula is C17H21N7O. The lowest BCUT2D eigenvalue weighted by atomic mass is 9.90. The molecule has 1 unspecified atom stereocenters. The molecule has 0 amide bonds. The molecule has 130 valence electrons. The van der Waals surface area contributed by atoms with Gasteiger partial charge in [-0.2, -0.15) is 20.4 Å². The molecule has 4 rings (SSSR count). The number of rotatable bonds is 3. The molecule has 3 heterocycles. The van der Waals surface area contributed by atoms with Gasteiger partial charge in [0, 0.05) is 17.9 Å². The molecule has 0 fully saturated rings. The Kier molecular flexibility index (Phi) is 3.74. The number of anilines is 1. The SMILES string of the molecule is CC(C)(C)Nc1ccc(-c2noc(C3CCc4n[nH]nc4C3)n2)nc1. The zero-order valence-corrected chi connectivity index (χ0v) is 14.6. The van der Waals surface area contributed by atoms with Gasteiger partial charge in [-0.1, -0.05) is 5.16 Å². The number of fused-ring (bicyclic) bond motifs is 1. The van der Waals surface area contributed by atoms with Crippen molar-refractivity contribution < 1.29 is 4.52 Å². The predicted octanol–water partition coefficient (Wildman–Crippen LogP) is 2.73. The normalized spacial score (nSPS) is 17.3. The first-order chi connectivity index (χ1) is 12.0. The fourth-order valence-electron chi connectivity index (χ4n) is 3.03. The maximum absolute atomic E-state index is 5.49. The number of hydrogen-bond donors (Lipinski definition) is 2. The molecule has 3 aromatic heterocycles. The van der Waals surface area contributed by atoms with Crippen LogP contribution in [-0.2, 0) is 12.8 Å². The highest BCUT2D eigenvalue weighted by Crippen LogP contribution is 2.30. The molecule has 8 heteroatoms. The summed E-state index contributed by atoms with van der Waals surface area (Å²) in [7, 11) is 0. The summed E-state index contributed by atoms with van der Waals surface area (Å²) in [5.74, 6) is 1.34. The minimum Gasteiger partial charge on any atom is -0.379 e. The molecule has 2 N–H and O–H groups in total. The van der Waals surface area contributed by atoms with E-state index in [2.05, 4.69) is 56.6 Å². The molecule has 0 bridgehead atoms. The van der Waals surface area contributed by atoms with Gasteiger partial charge < -0.3 is 9.84 Å². The quantitative estimate of drug-likeness (QED) is 0.755. The first-order valence-electron chi connectivity index (χ1n) is 8.45. The van der Waals surface area contributed by atoms with Gasteiger partial charge in [0.25, 0.3) is 0 Å². The van der Waals surface area contributed by atoms with E-state index in [0.717, 1.165) is 36.3 Å². The molecule has 1 aliphatic rings. The van der Waals surface area contributed by atoms with Gasteiger partial charge in [0.1, 0.15) is 5.69 Å². The molecule has 0 radical (unpaired) electrons. The summed E-state index contributed by atoms with van der Waals surface area (Å²) in [5, 5.41) is 18.5. The largest absolute Gasteiger partial charge is 0.379 e. The van der Waals surface area contributed by atoms with Gasteiger partial charge >= 0.3 is 0 Å². The van der Waals surface area contributed by atoms with Crippen LogP contribution in [0.1, 0.15) is 50.4 Å². The highest BCUT2D eigenvalue weighted by Gasteiger charge is 2.27. The van der Waals surface area contributed by atoms with Crippen molar-refractivity contribution in [1.82, 2.24) is 30.5 Å². The molecule has 0 aliphatic heterocycles. The van der Waals surface area contributed by atoms with Crippen molar-refractivity contribution in [1.29, 1.82) is 0 Å². The van der Waals surface area contributed by atoms with E-state index in [4.69, 9.17) is 4.52 Å². The second-order valence-electron chi connectivity index (χ2n) is 7.42. The van der Waals surface area contributed by atoms with Crippen LogP contribution in [0, 0.1) is 0 Å². The number of H-pyrrole nitrogens is 1. The molecule has 0 aromatic carbocycles. The van der Waals surface area contributed by atoms with Crippen LogP contribution in [0.15, 0.2) is 22.9 Å². The zero-order chi connectivity index (χ0) is 17.4. The van der Waals surface area contributed by atoms with Gasteiger partial charge in [-0.05, 0) is 45.7 Å². The molecule has 0 saturated heterocycles. The summed E-state index contributed by atoms with van der Waals surface area (Å²) in [6.07, 6.45) is 4.37. The first kappa shape index (κ1) is 15.7. The van der Waals surface area contributed by atoms with Gasteiger partial charge in [0.15, 0.2) is 0 Å². The van der Waals surface area contributed by atoms with Crippen molar-refractivity contribution in [3.8, 4) is 11.5 Å². The van der Waals surface area contributed by atoms with E-state index < -0.39 is 0 Å². The second-order valence-corrected chi connectivity index (χ2v) is 7.42. The van der Waals surface area contributed by atoms with Crippen LogP contribution in [0.25, 0.3) is 11.5 Å². The summed E-state index contributed by atoms with van der Waals surface area (Å²) >= 11 is 0. The van der Waals surface area contributed by atoms with Gasteiger partial charge in [0.2, 0.25) is 11.7 Å². The predicted molar refractivity (Wildman–Crippen MR) is 92.1 cm³/mol. The molecule has 0 saturated carbocycles. The second kappa shape index (κ2) is 5.94. The lowest BCUT2D eigenvalue weighted by molar-refractivity contribution is 0.339. The van der Waals surface area contributed by atoms with Crippen molar-refractivity contribution >= 4 is 5.69 Å². The molecule has 0 spiro atoms. The lowest BCUT2D eigenvalue weighted by Crippen LogP contribution is -2.26. The Hall–Kier alpha value is -2.77. The van der Waals surface area contributed by atoms with Crippen molar-refractivity contribution in [2.24, 2.45) is 0 Å². The smallest absolute Gasteiger partial charge is 0.230 e.